The summed E-state index contributed by atoms with van der Waals surface area (Å²) < 4.78 is 22.5. The Morgan fingerprint density at radius 3 is 2.68 bits per heavy atom. The standard InChI is InChI=1S/C13H17NO4S/c15-13(8-12-6-7-19(16,17)10-12)14-18-9-11-4-2-1-3-5-11/h1-5,12H,6-10H2,(H,14,15)/t12-/m0/s1. The minimum Gasteiger partial charge on any atom is -0.273 e. The Balaban J connectivity index is 1.68. The van der Waals surface area contributed by atoms with Crippen LogP contribution in [0.5, 0.6) is 0 Å². The molecule has 0 bridgehead atoms. The zero-order chi connectivity index (χ0) is 13.7. The highest BCUT2D eigenvalue weighted by Crippen LogP contribution is 2.21. The van der Waals surface area contributed by atoms with Crippen molar-refractivity contribution in [2.75, 3.05) is 11.5 Å². The van der Waals surface area contributed by atoms with Gasteiger partial charge in [-0.25, -0.2) is 13.9 Å². The Morgan fingerprint density at radius 1 is 1.32 bits per heavy atom. The molecule has 2 rings (SSSR count). The van der Waals surface area contributed by atoms with Gasteiger partial charge in [-0.1, -0.05) is 30.3 Å². The number of carbonyl (C=O) groups excluding carboxylic acids is 1. The van der Waals surface area contributed by atoms with Gasteiger partial charge in [0.05, 0.1) is 18.1 Å². The van der Waals surface area contributed by atoms with E-state index in [2.05, 4.69) is 5.48 Å². The number of amides is 1. The summed E-state index contributed by atoms with van der Waals surface area (Å²) in [6.07, 6.45) is 0.766. The monoisotopic (exact) mass is 283 g/mol. The number of sulfone groups is 1. The quantitative estimate of drug-likeness (QED) is 0.820. The molecule has 104 valence electrons. The van der Waals surface area contributed by atoms with E-state index in [1.54, 1.807) is 0 Å². The van der Waals surface area contributed by atoms with Crippen molar-refractivity contribution in [1.29, 1.82) is 0 Å². The van der Waals surface area contributed by atoms with Gasteiger partial charge >= 0.3 is 0 Å². The number of carbonyl (C=O) groups is 1. The summed E-state index contributed by atoms with van der Waals surface area (Å²) in [6.45, 7) is 0.301. The minimum absolute atomic E-state index is 0.0784. The Labute approximate surface area is 112 Å². The molecule has 1 aromatic rings. The van der Waals surface area contributed by atoms with Crippen molar-refractivity contribution >= 4 is 15.7 Å². The number of rotatable bonds is 5. The van der Waals surface area contributed by atoms with Crippen molar-refractivity contribution in [2.45, 2.75) is 19.4 Å². The zero-order valence-corrected chi connectivity index (χ0v) is 11.4. The van der Waals surface area contributed by atoms with E-state index in [1.165, 1.54) is 0 Å². The molecule has 1 N–H and O–H groups in total. The van der Waals surface area contributed by atoms with Crippen molar-refractivity contribution in [3.05, 3.63) is 35.9 Å². The third-order valence-corrected chi connectivity index (χ3v) is 4.91. The average Bonchev–Trinajstić information content (AvgIpc) is 2.70. The van der Waals surface area contributed by atoms with Crippen LogP contribution < -0.4 is 5.48 Å². The molecule has 0 aliphatic carbocycles. The fourth-order valence-electron chi connectivity index (χ4n) is 2.11. The van der Waals surface area contributed by atoms with E-state index in [9.17, 15) is 13.2 Å². The van der Waals surface area contributed by atoms with E-state index in [1.807, 2.05) is 30.3 Å². The van der Waals surface area contributed by atoms with Gasteiger partial charge in [-0.3, -0.25) is 9.63 Å². The first-order valence-corrected chi connectivity index (χ1v) is 8.02. The molecule has 1 saturated heterocycles. The van der Waals surface area contributed by atoms with Crippen LogP contribution in [0.1, 0.15) is 18.4 Å². The lowest BCUT2D eigenvalue weighted by molar-refractivity contribution is -0.135. The average molecular weight is 283 g/mol. The van der Waals surface area contributed by atoms with Crippen molar-refractivity contribution in [3.63, 3.8) is 0 Å². The van der Waals surface area contributed by atoms with E-state index < -0.39 is 9.84 Å². The molecular weight excluding hydrogens is 266 g/mol. The molecule has 1 heterocycles. The fourth-order valence-corrected chi connectivity index (χ4v) is 3.97. The number of hydrogen-bond donors (Lipinski definition) is 1. The predicted molar refractivity (Wildman–Crippen MR) is 70.8 cm³/mol. The second-order valence-corrected chi connectivity index (χ2v) is 7.00. The maximum Gasteiger partial charge on any atom is 0.243 e. The first-order valence-electron chi connectivity index (χ1n) is 6.20. The molecule has 1 aliphatic rings. The molecule has 0 saturated carbocycles. The summed E-state index contributed by atoms with van der Waals surface area (Å²) in [5.41, 5.74) is 3.32. The third-order valence-electron chi connectivity index (χ3n) is 3.07. The van der Waals surface area contributed by atoms with Crippen LogP contribution in [-0.4, -0.2) is 25.8 Å². The highest BCUT2D eigenvalue weighted by atomic mass is 32.2. The highest BCUT2D eigenvalue weighted by Gasteiger charge is 2.29. The van der Waals surface area contributed by atoms with Crippen LogP contribution in [0.3, 0.4) is 0 Å². The summed E-state index contributed by atoms with van der Waals surface area (Å²) in [4.78, 5) is 16.7. The maximum atomic E-state index is 11.6. The molecule has 0 spiro atoms. The Bertz CT molecular complexity index is 527. The topological polar surface area (TPSA) is 72.5 Å². The summed E-state index contributed by atoms with van der Waals surface area (Å²) >= 11 is 0. The fraction of sp³-hybridized carbons (Fsp3) is 0.462. The smallest absolute Gasteiger partial charge is 0.243 e. The summed E-state index contributed by atoms with van der Waals surface area (Å²) in [5.74, 6) is -0.0436. The van der Waals surface area contributed by atoms with Gasteiger partial charge in [0.2, 0.25) is 5.91 Å². The van der Waals surface area contributed by atoms with Gasteiger partial charge in [-0.05, 0) is 17.9 Å². The van der Waals surface area contributed by atoms with Crippen molar-refractivity contribution < 1.29 is 18.0 Å². The molecule has 1 atom stereocenters. The van der Waals surface area contributed by atoms with E-state index in [4.69, 9.17) is 4.84 Å². The number of nitrogens with one attached hydrogen (secondary N) is 1. The van der Waals surface area contributed by atoms with Crippen LogP contribution in [0.4, 0.5) is 0 Å². The van der Waals surface area contributed by atoms with E-state index >= 15 is 0 Å². The summed E-state index contributed by atoms with van der Waals surface area (Å²) in [6, 6.07) is 9.49. The Hall–Kier alpha value is -1.40. The lowest BCUT2D eigenvalue weighted by atomic mass is 10.1. The first kappa shape index (κ1) is 14.0. The summed E-state index contributed by atoms with van der Waals surface area (Å²) in [5, 5.41) is 0. The lowest BCUT2D eigenvalue weighted by Gasteiger charge is -2.08. The van der Waals surface area contributed by atoms with Gasteiger partial charge in [0.25, 0.3) is 0 Å². The van der Waals surface area contributed by atoms with Gasteiger partial charge in [-0.2, -0.15) is 0 Å². The van der Waals surface area contributed by atoms with Crippen LogP contribution in [0, 0.1) is 5.92 Å². The van der Waals surface area contributed by atoms with E-state index in [-0.39, 0.29) is 29.8 Å². The van der Waals surface area contributed by atoms with E-state index in [0.29, 0.717) is 13.0 Å². The number of benzene rings is 1. The molecule has 1 fully saturated rings. The SMILES string of the molecule is O=C(C[C@@H]1CCS(=O)(=O)C1)NOCc1ccccc1. The molecule has 19 heavy (non-hydrogen) atoms. The second kappa shape index (κ2) is 6.16. The second-order valence-electron chi connectivity index (χ2n) is 4.77. The zero-order valence-electron chi connectivity index (χ0n) is 10.5. The highest BCUT2D eigenvalue weighted by molar-refractivity contribution is 7.91. The molecule has 6 heteroatoms. The van der Waals surface area contributed by atoms with Crippen LogP contribution in [0.2, 0.25) is 0 Å². The minimum atomic E-state index is -2.93. The van der Waals surface area contributed by atoms with Gasteiger partial charge in [0.1, 0.15) is 0 Å². The molecule has 1 aromatic carbocycles. The molecular formula is C13H17NO4S. The number of hydroxylamine groups is 1. The van der Waals surface area contributed by atoms with Gasteiger partial charge in [0, 0.05) is 6.42 Å². The molecule has 1 amide bonds. The van der Waals surface area contributed by atoms with Gasteiger partial charge in [0.15, 0.2) is 9.84 Å². The van der Waals surface area contributed by atoms with Crippen LogP contribution in [-0.2, 0) is 26.1 Å². The van der Waals surface area contributed by atoms with Crippen molar-refractivity contribution in [2.24, 2.45) is 5.92 Å². The summed E-state index contributed by atoms with van der Waals surface area (Å²) in [7, 11) is -2.93. The van der Waals surface area contributed by atoms with Crippen LogP contribution in [0.15, 0.2) is 30.3 Å². The Morgan fingerprint density at radius 2 is 2.05 bits per heavy atom. The lowest BCUT2D eigenvalue weighted by Crippen LogP contribution is -2.26. The molecule has 0 unspecified atom stereocenters. The first-order chi connectivity index (χ1) is 9.05. The molecule has 0 aromatic heterocycles. The maximum absolute atomic E-state index is 11.6. The molecule has 5 nitrogen and oxygen atoms in total. The van der Waals surface area contributed by atoms with Gasteiger partial charge < -0.3 is 0 Å². The molecule has 0 radical (unpaired) electrons. The molecule has 1 aliphatic heterocycles. The predicted octanol–water partition coefficient (Wildman–Crippen LogP) is 1.06. The van der Waals surface area contributed by atoms with E-state index in [0.717, 1.165) is 5.56 Å². The van der Waals surface area contributed by atoms with Crippen LogP contribution >= 0.6 is 0 Å². The Kier molecular flexibility index (Phi) is 4.55. The number of hydrogen-bond acceptors (Lipinski definition) is 4. The largest absolute Gasteiger partial charge is 0.273 e. The normalized spacial score (nSPS) is 21.2. The van der Waals surface area contributed by atoms with Gasteiger partial charge in [-0.15, -0.1) is 0 Å². The third kappa shape index (κ3) is 4.65. The van der Waals surface area contributed by atoms with Crippen LogP contribution in [0.25, 0.3) is 0 Å². The van der Waals surface area contributed by atoms with Crippen molar-refractivity contribution in [3.8, 4) is 0 Å². The van der Waals surface area contributed by atoms with Crippen molar-refractivity contribution in [1.82, 2.24) is 5.48 Å².